The Bertz CT molecular complexity index is 1210. The molecule has 1 aromatic carbocycles. The number of phenols is 1. The molecular weight excluding hydrogens is 400 g/mol. The third kappa shape index (κ3) is 3.57. The van der Waals surface area contributed by atoms with Crippen molar-refractivity contribution in [3.8, 4) is 5.75 Å². The molecule has 2 heterocycles. The van der Waals surface area contributed by atoms with E-state index in [1.807, 2.05) is 0 Å². The van der Waals surface area contributed by atoms with Crippen molar-refractivity contribution in [1.29, 1.82) is 5.41 Å². The Kier molecular flexibility index (Phi) is 5.37. The molecule has 0 aliphatic carbocycles. The minimum Gasteiger partial charge on any atom is -0.504 e. The number of fused-ring (bicyclic) bond motifs is 1. The first-order chi connectivity index (χ1) is 13.8. The Balaban J connectivity index is 2.06. The van der Waals surface area contributed by atoms with Crippen molar-refractivity contribution in [1.82, 2.24) is 0 Å². The molecule has 0 radical (unpaired) electrons. The lowest BCUT2D eigenvalue weighted by atomic mass is 10.1. The van der Waals surface area contributed by atoms with Crippen LogP contribution in [0.15, 0.2) is 28.7 Å². The zero-order chi connectivity index (χ0) is 21.3. The van der Waals surface area contributed by atoms with Crippen LogP contribution in [0.1, 0.15) is 36.0 Å². The topological polar surface area (TPSA) is 139 Å². The number of aromatic hydroxyl groups is 1. The smallest absolute Gasteiger partial charge is 0.348 e. The van der Waals surface area contributed by atoms with Crippen LogP contribution in [0.3, 0.4) is 0 Å². The van der Waals surface area contributed by atoms with Crippen molar-refractivity contribution in [3.05, 3.63) is 51.4 Å². The predicted molar refractivity (Wildman–Crippen MR) is 103 cm³/mol. The third-order valence-corrected chi connectivity index (χ3v) is 5.34. The van der Waals surface area contributed by atoms with Gasteiger partial charge in [0.1, 0.15) is 15.4 Å². The standard InChI is InChI=1S/C19H16N2O7S/c1-8-12(18(24)26-2)17(29-14(8)19(25)27-3)21-16(23)10-7-9-5-4-6-11(22)13(9)28-15(10)20/h4-7,20,22H,1-3H3,(H,21,23). The molecule has 0 bridgehead atoms. The zero-order valence-corrected chi connectivity index (χ0v) is 16.4. The van der Waals surface area contributed by atoms with Gasteiger partial charge in [-0.05, 0) is 24.6 Å². The molecule has 1 amide bonds. The molecule has 0 aliphatic rings. The number of benzene rings is 1. The van der Waals surface area contributed by atoms with Gasteiger partial charge in [0.2, 0.25) is 5.55 Å². The van der Waals surface area contributed by atoms with Gasteiger partial charge in [0.25, 0.3) is 5.91 Å². The molecule has 0 saturated heterocycles. The third-order valence-electron chi connectivity index (χ3n) is 4.15. The van der Waals surface area contributed by atoms with Gasteiger partial charge in [-0.15, -0.1) is 11.3 Å². The van der Waals surface area contributed by atoms with E-state index in [0.717, 1.165) is 11.3 Å². The molecule has 9 nitrogen and oxygen atoms in total. The van der Waals surface area contributed by atoms with Crippen LogP contribution >= 0.6 is 11.3 Å². The highest BCUT2D eigenvalue weighted by Crippen LogP contribution is 2.34. The second-order valence-corrected chi connectivity index (χ2v) is 6.90. The van der Waals surface area contributed by atoms with Gasteiger partial charge in [-0.1, -0.05) is 12.1 Å². The van der Waals surface area contributed by atoms with Crippen molar-refractivity contribution in [2.45, 2.75) is 6.92 Å². The number of thiophene rings is 1. The Morgan fingerprint density at radius 1 is 1.17 bits per heavy atom. The average Bonchev–Trinajstić information content (AvgIpc) is 3.02. The number of amides is 1. The fourth-order valence-corrected chi connectivity index (χ4v) is 3.83. The van der Waals surface area contributed by atoms with E-state index < -0.39 is 23.4 Å². The maximum atomic E-state index is 12.8. The van der Waals surface area contributed by atoms with Gasteiger partial charge in [-0.25, -0.2) is 9.59 Å². The van der Waals surface area contributed by atoms with E-state index in [4.69, 9.17) is 19.3 Å². The van der Waals surface area contributed by atoms with Crippen molar-refractivity contribution in [2.75, 3.05) is 19.5 Å². The largest absolute Gasteiger partial charge is 0.504 e. The van der Waals surface area contributed by atoms with Crippen LogP contribution in [0.2, 0.25) is 0 Å². The SMILES string of the molecule is COC(=O)c1sc(NC(=O)c2cc3cccc(O)c3oc2=N)c(C(=O)OC)c1C. The van der Waals surface area contributed by atoms with Gasteiger partial charge < -0.3 is 24.3 Å². The molecule has 3 rings (SSSR count). The molecule has 3 N–H and O–H groups in total. The lowest BCUT2D eigenvalue weighted by molar-refractivity contribution is 0.0601. The predicted octanol–water partition coefficient (Wildman–Crippen LogP) is 2.81. The van der Waals surface area contributed by atoms with Gasteiger partial charge in [0, 0.05) is 5.39 Å². The number of carbonyl (C=O) groups is 3. The number of phenolic OH excluding ortho intramolecular Hbond substituents is 1. The minimum atomic E-state index is -0.733. The lowest BCUT2D eigenvalue weighted by Crippen LogP contribution is -2.21. The normalized spacial score (nSPS) is 10.6. The summed E-state index contributed by atoms with van der Waals surface area (Å²) in [4.78, 5) is 37.0. The van der Waals surface area contributed by atoms with E-state index in [-0.39, 0.29) is 32.3 Å². The van der Waals surface area contributed by atoms with E-state index in [0.29, 0.717) is 10.9 Å². The first kappa shape index (κ1) is 20.1. The first-order valence-corrected chi connectivity index (χ1v) is 9.02. The molecule has 3 aromatic rings. The van der Waals surface area contributed by atoms with E-state index in [2.05, 4.69) is 5.32 Å². The first-order valence-electron chi connectivity index (χ1n) is 8.20. The molecule has 29 heavy (non-hydrogen) atoms. The van der Waals surface area contributed by atoms with E-state index >= 15 is 0 Å². The van der Waals surface area contributed by atoms with Gasteiger partial charge in [-0.3, -0.25) is 10.2 Å². The summed E-state index contributed by atoms with van der Waals surface area (Å²) < 4.78 is 14.7. The number of nitrogens with one attached hydrogen (secondary N) is 2. The van der Waals surface area contributed by atoms with Crippen LogP contribution in [0.25, 0.3) is 11.0 Å². The van der Waals surface area contributed by atoms with Crippen LogP contribution in [-0.2, 0) is 9.47 Å². The summed E-state index contributed by atoms with van der Waals surface area (Å²) in [6.45, 7) is 1.54. The Morgan fingerprint density at radius 3 is 2.52 bits per heavy atom. The molecule has 10 heteroatoms. The maximum Gasteiger partial charge on any atom is 0.348 e. The molecule has 150 valence electrons. The summed E-state index contributed by atoms with van der Waals surface area (Å²) in [7, 11) is 2.38. The Labute approximate surface area is 168 Å². The van der Waals surface area contributed by atoms with Crippen molar-refractivity contribution < 1.29 is 33.4 Å². The summed E-state index contributed by atoms with van der Waals surface area (Å²) >= 11 is 0.858. The number of para-hydroxylation sites is 1. The summed E-state index contributed by atoms with van der Waals surface area (Å²) in [5, 5.41) is 20.8. The van der Waals surface area contributed by atoms with Crippen LogP contribution in [0.5, 0.6) is 5.75 Å². The van der Waals surface area contributed by atoms with Crippen LogP contribution in [0, 0.1) is 12.3 Å². The molecule has 0 aliphatic heterocycles. The Morgan fingerprint density at radius 2 is 1.86 bits per heavy atom. The average molecular weight is 416 g/mol. The molecule has 0 atom stereocenters. The molecule has 0 fully saturated rings. The van der Waals surface area contributed by atoms with Crippen molar-refractivity contribution >= 4 is 45.2 Å². The highest BCUT2D eigenvalue weighted by atomic mass is 32.1. The molecule has 0 spiro atoms. The second kappa shape index (κ2) is 7.76. The lowest BCUT2D eigenvalue weighted by Gasteiger charge is -2.07. The van der Waals surface area contributed by atoms with Crippen molar-refractivity contribution in [3.63, 3.8) is 0 Å². The number of esters is 2. The van der Waals surface area contributed by atoms with E-state index in [1.54, 1.807) is 12.1 Å². The fourth-order valence-electron chi connectivity index (χ4n) is 2.72. The molecule has 0 saturated carbocycles. The number of hydrogen-bond donors (Lipinski definition) is 3. The number of methoxy groups -OCH3 is 2. The van der Waals surface area contributed by atoms with Crippen molar-refractivity contribution in [2.24, 2.45) is 0 Å². The Hall–Kier alpha value is -3.66. The number of carbonyl (C=O) groups excluding carboxylic acids is 3. The monoisotopic (exact) mass is 416 g/mol. The maximum absolute atomic E-state index is 12.8. The van der Waals surface area contributed by atoms with Gasteiger partial charge in [0.05, 0.1) is 19.8 Å². The fraction of sp³-hybridized carbons (Fsp3) is 0.158. The van der Waals surface area contributed by atoms with Crippen LogP contribution in [0.4, 0.5) is 5.00 Å². The van der Waals surface area contributed by atoms with Gasteiger partial charge in [0.15, 0.2) is 11.3 Å². The molecular formula is C19H16N2O7S. The highest BCUT2D eigenvalue weighted by Gasteiger charge is 2.27. The van der Waals surface area contributed by atoms with Crippen LogP contribution in [-0.4, -0.2) is 37.2 Å². The van der Waals surface area contributed by atoms with E-state index in [9.17, 15) is 19.5 Å². The summed E-state index contributed by atoms with van der Waals surface area (Å²) in [6.07, 6.45) is 0. The summed E-state index contributed by atoms with van der Waals surface area (Å²) in [5.41, 5.74) is -0.192. The van der Waals surface area contributed by atoms with Gasteiger partial charge in [-0.2, -0.15) is 0 Å². The number of hydrogen-bond acceptors (Lipinski definition) is 9. The van der Waals surface area contributed by atoms with E-state index in [1.165, 1.54) is 33.3 Å². The van der Waals surface area contributed by atoms with Crippen LogP contribution < -0.4 is 10.9 Å². The quantitative estimate of drug-likeness (QED) is 0.556. The molecule has 2 aromatic heterocycles. The second-order valence-electron chi connectivity index (χ2n) is 5.88. The number of ether oxygens (including phenoxy) is 2. The number of rotatable bonds is 4. The minimum absolute atomic E-state index is 0.0214. The highest BCUT2D eigenvalue weighted by molar-refractivity contribution is 7.18. The summed E-state index contributed by atoms with van der Waals surface area (Å²) in [5.74, 6) is -2.28. The number of anilines is 1. The zero-order valence-electron chi connectivity index (χ0n) is 15.6. The molecule has 0 unspecified atom stereocenters. The van der Waals surface area contributed by atoms with Gasteiger partial charge >= 0.3 is 11.9 Å². The summed E-state index contributed by atoms with van der Waals surface area (Å²) in [6, 6.07) is 5.96.